The van der Waals surface area contributed by atoms with Crippen LogP contribution in [-0.2, 0) is 9.47 Å². The van der Waals surface area contributed by atoms with Gasteiger partial charge in [-0.1, -0.05) is 11.6 Å². The molecule has 0 bridgehead atoms. The van der Waals surface area contributed by atoms with Crippen LogP contribution in [0.15, 0.2) is 18.2 Å². The molecule has 0 radical (unpaired) electrons. The number of hydrogen-bond donors (Lipinski definition) is 2. The molecule has 0 fully saturated rings. The standard InChI is InChI=1S/C15H23ClN2O4/c1-15(2,3)22-14(19)18-11-4-5-12(16)13(10-11)21-9-8-20-7-6-17/h4-5,10H,6-9,17H2,1-3H3,(H,18,19). The minimum atomic E-state index is -0.559. The van der Waals surface area contributed by atoms with E-state index in [1.54, 1.807) is 39.0 Å². The fraction of sp³-hybridized carbons (Fsp3) is 0.533. The van der Waals surface area contributed by atoms with E-state index in [1.807, 2.05) is 0 Å². The molecule has 0 aliphatic heterocycles. The fourth-order valence-electron chi connectivity index (χ4n) is 1.51. The Kier molecular flexibility index (Phi) is 7.44. The van der Waals surface area contributed by atoms with Crippen LogP contribution in [0.4, 0.5) is 10.5 Å². The molecule has 0 spiro atoms. The monoisotopic (exact) mass is 330 g/mol. The maximum atomic E-state index is 11.7. The van der Waals surface area contributed by atoms with Crippen molar-refractivity contribution in [3.63, 3.8) is 0 Å². The van der Waals surface area contributed by atoms with Crippen LogP contribution < -0.4 is 15.8 Å². The summed E-state index contributed by atoms with van der Waals surface area (Å²) in [6.07, 6.45) is -0.535. The number of hydrogen-bond acceptors (Lipinski definition) is 5. The van der Waals surface area contributed by atoms with E-state index < -0.39 is 11.7 Å². The Hall–Kier alpha value is -1.50. The summed E-state index contributed by atoms with van der Waals surface area (Å²) in [4.78, 5) is 11.7. The van der Waals surface area contributed by atoms with Crippen LogP contribution in [0.5, 0.6) is 5.75 Å². The third-order valence-corrected chi connectivity index (χ3v) is 2.64. The number of ether oxygens (including phenoxy) is 3. The number of nitrogens with one attached hydrogen (secondary N) is 1. The minimum Gasteiger partial charge on any atom is -0.490 e. The first-order valence-electron chi connectivity index (χ1n) is 7.02. The first-order valence-corrected chi connectivity index (χ1v) is 7.40. The summed E-state index contributed by atoms with van der Waals surface area (Å²) < 4.78 is 15.9. The van der Waals surface area contributed by atoms with E-state index in [0.29, 0.717) is 42.8 Å². The molecule has 1 aromatic carbocycles. The van der Waals surface area contributed by atoms with E-state index in [4.69, 9.17) is 31.5 Å². The summed E-state index contributed by atoms with van der Waals surface area (Å²) in [7, 11) is 0. The fourth-order valence-corrected chi connectivity index (χ4v) is 1.68. The highest BCUT2D eigenvalue weighted by molar-refractivity contribution is 6.32. The van der Waals surface area contributed by atoms with Gasteiger partial charge in [0, 0.05) is 18.3 Å². The SMILES string of the molecule is CC(C)(C)OC(=O)Nc1ccc(Cl)c(OCCOCCN)c1. The zero-order valence-electron chi connectivity index (χ0n) is 13.1. The van der Waals surface area contributed by atoms with Gasteiger partial charge in [0.15, 0.2) is 0 Å². The van der Waals surface area contributed by atoms with E-state index in [9.17, 15) is 4.79 Å². The smallest absolute Gasteiger partial charge is 0.412 e. The Morgan fingerprint density at radius 1 is 1.27 bits per heavy atom. The topological polar surface area (TPSA) is 82.8 Å². The average Bonchev–Trinajstić information content (AvgIpc) is 2.39. The van der Waals surface area contributed by atoms with Gasteiger partial charge in [-0.05, 0) is 32.9 Å². The second-order valence-corrected chi connectivity index (χ2v) is 5.93. The van der Waals surface area contributed by atoms with Crippen molar-refractivity contribution in [2.45, 2.75) is 26.4 Å². The summed E-state index contributed by atoms with van der Waals surface area (Å²) in [5.74, 6) is 0.464. The molecule has 1 rings (SSSR count). The van der Waals surface area contributed by atoms with Gasteiger partial charge in [0.25, 0.3) is 0 Å². The second-order valence-electron chi connectivity index (χ2n) is 5.52. The number of benzene rings is 1. The minimum absolute atomic E-state index is 0.343. The highest BCUT2D eigenvalue weighted by Gasteiger charge is 2.16. The summed E-state index contributed by atoms with van der Waals surface area (Å²) >= 11 is 6.05. The highest BCUT2D eigenvalue weighted by Crippen LogP contribution is 2.28. The van der Waals surface area contributed by atoms with Crippen molar-refractivity contribution in [1.82, 2.24) is 0 Å². The van der Waals surface area contributed by atoms with Gasteiger partial charge in [0.05, 0.1) is 18.2 Å². The van der Waals surface area contributed by atoms with E-state index in [0.717, 1.165) is 0 Å². The Balaban J connectivity index is 2.56. The van der Waals surface area contributed by atoms with Gasteiger partial charge >= 0.3 is 6.09 Å². The molecule has 0 unspecified atom stereocenters. The molecule has 0 aliphatic carbocycles. The number of nitrogens with two attached hydrogens (primary N) is 1. The van der Waals surface area contributed by atoms with Gasteiger partial charge < -0.3 is 19.9 Å². The van der Waals surface area contributed by atoms with Gasteiger partial charge in [0.1, 0.15) is 18.0 Å². The van der Waals surface area contributed by atoms with Gasteiger partial charge in [0.2, 0.25) is 0 Å². The number of rotatable bonds is 7. The van der Waals surface area contributed by atoms with Crippen LogP contribution >= 0.6 is 11.6 Å². The van der Waals surface area contributed by atoms with Crippen molar-refractivity contribution in [2.75, 3.05) is 31.7 Å². The van der Waals surface area contributed by atoms with Crippen molar-refractivity contribution in [1.29, 1.82) is 0 Å². The van der Waals surface area contributed by atoms with Crippen LogP contribution in [0.2, 0.25) is 5.02 Å². The van der Waals surface area contributed by atoms with Gasteiger partial charge in [-0.3, -0.25) is 5.32 Å². The van der Waals surface area contributed by atoms with Crippen molar-refractivity contribution >= 4 is 23.4 Å². The van der Waals surface area contributed by atoms with Crippen LogP contribution in [0.3, 0.4) is 0 Å². The third kappa shape index (κ3) is 7.49. The molecule has 124 valence electrons. The van der Waals surface area contributed by atoms with Gasteiger partial charge in [-0.2, -0.15) is 0 Å². The summed E-state index contributed by atoms with van der Waals surface area (Å²) in [5.41, 5.74) is 5.30. The van der Waals surface area contributed by atoms with Crippen molar-refractivity contribution in [2.24, 2.45) is 5.73 Å². The first-order chi connectivity index (χ1) is 10.3. The van der Waals surface area contributed by atoms with Crippen LogP contribution in [0.1, 0.15) is 20.8 Å². The molecule has 0 saturated carbocycles. The first kappa shape index (κ1) is 18.5. The average molecular weight is 331 g/mol. The van der Waals surface area contributed by atoms with E-state index in [2.05, 4.69) is 5.32 Å². The third-order valence-electron chi connectivity index (χ3n) is 2.32. The highest BCUT2D eigenvalue weighted by atomic mass is 35.5. The zero-order chi connectivity index (χ0) is 16.6. The van der Waals surface area contributed by atoms with E-state index in [-0.39, 0.29) is 0 Å². The number of carbonyl (C=O) groups is 1. The second kappa shape index (κ2) is 8.82. The predicted molar refractivity (Wildman–Crippen MR) is 86.7 cm³/mol. The Bertz CT molecular complexity index is 489. The molecule has 0 saturated heterocycles. The molecule has 3 N–H and O–H groups in total. The summed E-state index contributed by atoms with van der Waals surface area (Å²) in [5, 5.41) is 3.08. The summed E-state index contributed by atoms with van der Waals surface area (Å²) in [6, 6.07) is 4.95. The molecule has 0 aliphatic rings. The predicted octanol–water partition coefficient (Wildman–Crippen LogP) is 3.04. The Labute approximate surface area is 135 Å². The molecule has 22 heavy (non-hydrogen) atoms. The molecule has 0 aromatic heterocycles. The van der Waals surface area contributed by atoms with Crippen LogP contribution in [0.25, 0.3) is 0 Å². The molecular weight excluding hydrogens is 308 g/mol. The van der Waals surface area contributed by atoms with E-state index >= 15 is 0 Å². The maximum Gasteiger partial charge on any atom is 0.412 e. The lowest BCUT2D eigenvalue weighted by molar-refractivity contribution is 0.0636. The van der Waals surface area contributed by atoms with Crippen LogP contribution in [-0.4, -0.2) is 38.1 Å². The number of amides is 1. The lowest BCUT2D eigenvalue weighted by atomic mass is 10.2. The largest absolute Gasteiger partial charge is 0.490 e. The molecule has 1 amide bonds. The molecule has 7 heteroatoms. The molecular formula is C15H23ClN2O4. The Morgan fingerprint density at radius 3 is 2.64 bits per heavy atom. The number of anilines is 1. The Morgan fingerprint density at radius 2 is 2.00 bits per heavy atom. The zero-order valence-corrected chi connectivity index (χ0v) is 13.9. The maximum absolute atomic E-state index is 11.7. The molecule has 0 heterocycles. The number of carbonyl (C=O) groups excluding carboxylic acids is 1. The quantitative estimate of drug-likeness (QED) is 0.751. The molecule has 6 nitrogen and oxygen atoms in total. The molecule has 1 aromatic rings. The van der Waals surface area contributed by atoms with Crippen molar-refractivity contribution < 1.29 is 19.0 Å². The van der Waals surface area contributed by atoms with E-state index in [1.165, 1.54) is 0 Å². The van der Waals surface area contributed by atoms with Crippen LogP contribution in [0, 0.1) is 0 Å². The lowest BCUT2D eigenvalue weighted by Gasteiger charge is -2.20. The summed E-state index contributed by atoms with van der Waals surface area (Å²) in [6.45, 7) is 7.10. The van der Waals surface area contributed by atoms with Gasteiger partial charge in [-0.25, -0.2) is 4.79 Å². The van der Waals surface area contributed by atoms with Crippen molar-refractivity contribution in [3.8, 4) is 5.75 Å². The van der Waals surface area contributed by atoms with Gasteiger partial charge in [-0.15, -0.1) is 0 Å². The number of halogens is 1. The molecule has 0 atom stereocenters. The lowest BCUT2D eigenvalue weighted by Crippen LogP contribution is -2.27. The van der Waals surface area contributed by atoms with Crippen molar-refractivity contribution in [3.05, 3.63) is 23.2 Å². The normalized spacial score (nSPS) is 11.1.